The first kappa shape index (κ1) is 24.6. The van der Waals surface area contributed by atoms with Crippen LogP contribution in [0.2, 0.25) is 0 Å². The number of carbonyl (C=O) groups is 1. The Balaban J connectivity index is 1.24. The molecule has 6 nitrogen and oxygen atoms in total. The Bertz CT molecular complexity index is 1460. The fourth-order valence-electron chi connectivity index (χ4n) is 6.33. The van der Waals surface area contributed by atoms with Crippen LogP contribution >= 0.6 is 0 Å². The van der Waals surface area contributed by atoms with E-state index in [0.29, 0.717) is 23.8 Å². The third-order valence-corrected chi connectivity index (χ3v) is 8.48. The molecule has 38 heavy (non-hydrogen) atoms. The molecular formula is C32H33N3O3. The number of nitrogens with zero attached hydrogens (tertiary/aromatic N) is 3. The lowest BCUT2D eigenvalue weighted by atomic mass is 9.77. The van der Waals surface area contributed by atoms with Crippen LogP contribution in [0.5, 0.6) is 0 Å². The topological polar surface area (TPSA) is 79.5 Å². The highest BCUT2D eigenvalue weighted by molar-refractivity contribution is 5.75. The third-order valence-electron chi connectivity index (χ3n) is 8.48. The number of rotatable bonds is 6. The van der Waals surface area contributed by atoms with Crippen molar-refractivity contribution >= 4 is 5.97 Å². The molecule has 1 saturated carbocycles. The van der Waals surface area contributed by atoms with Gasteiger partial charge in [0, 0.05) is 23.2 Å². The molecule has 0 radical (unpaired) electrons. The molecule has 0 saturated heterocycles. The summed E-state index contributed by atoms with van der Waals surface area (Å²) in [6.45, 7) is 4.25. The highest BCUT2D eigenvalue weighted by atomic mass is 16.5. The molecule has 1 heterocycles. The Morgan fingerprint density at radius 1 is 0.974 bits per heavy atom. The van der Waals surface area contributed by atoms with Crippen LogP contribution in [0.25, 0.3) is 34.0 Å². The normalized spacial score (nSPS) is 20.7. The monoisotopic (exact) mass is 507 g/mol. The van der Waals surface area contributed by atoms with Crippen LogP contribution in [-0.2, 0) is 11.2 Å². The second kappa shape index (κ2) is 9.84. The molecule has 1 atom stereocenters. The van der Waals surface area contributed by atoms with Gasteiger partial charge >= 0.3 is 5.97 Å². The fourth-order valence-corrected chi connectivity index (χ4v) is 6.33. The van der Waals surface area contributed by atoms with Crippen molar-refractivity contribution < 1.29 is 14.4 Å². The van der Waals surface area contributed by atoms with E-state index in [9.17, 15) is 9.90 Å². The molecule has 2 aliphatic carbocycles. The molecule has 0 spiro atoms. The molecule has 0 amide bonds. The smallest absolute Gasteiger partial charge is 0.306 e. The number of hydrogen-bond donors (Lipinski definition) is 1. The summed E-state index contributed by atoms with van der Waals surface area (Å²) < 4.78 is 5.73. The van der Waals surface area contributed by atoms with Crippen LogP contribution in [0.4, 0.5) is 0 Å². The van der Waals surface area contributed by atoms with Gasteiger partial charge in [0.05, 0.1) is 5.92 Å². The fraction of sp³-hybridized carbons (Fsp3) is 0.344. The van der Waals surface area contributed by atoms with Crippen molar-refractivity contribution in [2.45, 2.75) is 58.0 Å². The zero-order chi connectivity index (χ0) is 26.4. The molecule has 1 aromatic heterocycles. The molecule has 2 aliphatic rings. The maximum absolute atomic E-state index is 11.3. The zero-order valence-electron chi connectivity index (χ0n) is 22.1. The Kier molecular flexibility index (Phi) is 6.36. The van der Waals surface area contributed by atoms with E-state index in [-0.39, 0.29) is 5.92 Å². The van der Waals surface area contributed by atoms with Gasteiger partial charge in [0.1, 0.15) is 0 Å². The van der Waals surface area contributed by atoms with E-state index >= 15 is 0 Å². The van der Waals surface area contributed by atoms with E-state index in [1.807, 2.05) is 6.07 Å². The van der Waals surface area contributed by atoms with Crippen molar-refractivity contribution in [1.29, 1.82) is 0 Å². The molecule has 1 unspecified atom stereocenters. The SMILES string of the molecule is Cc1cc(-c2nc(-c3ccc4c(c3)CCCC4N(C)[C@H]3C[C@H](C(=O)O)C3)no2)cc(C)c1-c1ccccc1. The van der Waals surface area contributed by atoms with Crippen LogP contribution in [-0.4, -0.2) is 39.2 Å². The maximum Gasteiger partial charge on any atom is 0.306 e. The summed E-state index contributed by atoms with van der Waals surface area (Å²) in [4.78, 5) is 18.4. The predicted molar refractivity (Wildman–Crippen MR) is 148 cm³/mol. The number of hydrogen-bond acceptors (Lipinski definition) is 5. The second-order valence-corrected chi connectivity index (χ2v) is 10.9. The number of fused-ring (bicyclic) bond motifs is 1. The predicted octanol–water partition coefficient (Wildman–Crippen LogP) is 6.86. The van der Waals surface area contributed by atoms with Crippen LogP contribution in [0.3, 0.4) is 0 Å². The van der Waals surface area contributed by atoms with E-state index < -0.39 is 5.97 Å². The van der Waals surface area contributed by atoms with Gasteiger partial charge in [-0.2, -0.15) is 4.98 Å². The number of aromatic nitrogens is 2. The molecule has 6 rings (SSSR count). The number of benzene rings is 3. The molecule has 3 aromatic carbocycles. The molecule has 1 N–H and O–H groups in total. The Hall–Kier alpha value is -3.77. The van der Waals surface area contributed by atoms with Crippen molar-refractivity contribution in [3.63, 3.8) is 0 Å². The highest BCUT2D eigenvalue weighted by Gasteiger charge is 2.39. The number of aryl methyl sites for hydroxylation is 3. The second-order valence-electron chi connectivity index (χ2n) is 10.9. The lowest BCUT2D eigenvalue weighted by molar-refractivity contribution is -0.147. The lowest BCUT2D eigenvalue weighted by Crippen LogP contribution is -2.47. The van der Waals surface area contributed by atoms with Gasteiger partial charge in [-0.1, -0.05) is 47.6 Å². The maximum atomic E-state index is 11.3. The van der Waals surface area contributed by atoms with Crippen molar-refractivity contribution in [2.24, 2.45) is 5.92 Å². The minimum atomic E-state index is -0.666. The largest absolute Gasteiger partial charge is 0.481 e. The standard InChI is InChI=1S/C32H33N3O3/c1-19-14-24(15-20(2)29(19)21-8-5-4-6-9-21)31-33-30(34-38-31)23-12-13-27-22(16-23)10-7-11-28(27)35(3)26-17-25(18-26)32(36)37/h4-6,8-9,12-16,25-26,28H,7,10-11,17-18H2,1-3H3,(H,36,37)/t25-,26-,28?. The van der Waals surface area contributed by atoms with E-state index in [0.717, 1.165) is 43.2 Å². The van der Waals surface area contributed by atoms with Gasteiger partial charge in [0.15, 0.2) is 0 Å². The summed E-state index contributed by atoms with van der Waals surface area (Å²) in [5.74, 6) is 0.269. The molecule has 0 bridgehead atoms. The van der Waals surface area contributed by atoms with Gasteiger partial charge in [0.25, 0.3) is 5.89 Å². The van der Waals surface area contributed by atoms with Gasteiger partial charge in [-0.25, -0.2) is 0 Å². The first-order valence-electron chi connectivity index (χ1n) is 13.5. The average Bonchev–Trinajstić information content (AvgIpc) is 3.37. The molecule has 0 aliphatic heterocycles. The van der Waals surface area contributed by atoms with Crippen LogP contribution in [0.15, 0.2) is 65.2 Å². The summed E-state index contributed by atoms with van der Waals surface area (Å²) in [6.07, 6.45) is 4.73. The van der Waals surface area contributed by atoms with Crippen molar-refractivity contribution in [3.05, 3.63) is 82.9 Å². The van der Waals surface area contributed by atoms with Gasteiger partial charge < -0.3 is 9.63 Å². The first-order chi connectivity index (χ1) is 18.4. The molecular weight excluding hydrogens is 474 g/mol. The lowest BCUT2D eigenvalue weighted by Gasteiger charge is -2.44. The number of carboxylic acids is 1. The van der Waals surface area contributed by atoms with Crippen LogP contribution in [0, 0.1) is 19.8 Å². The first-order valence-corrected chi connectivity index (χ1v) is 13.5. The summed E-state index contributed by atoms with van der Waals surface area (Å²) in [5.41, 5.74) is 9.36. The van der Waals surface area contributed by atoms with Crippen molar-refractivity contribution in [2.75, 3.05) is 7.05 Å². The quantitative estimate of drug-likeness (QED) is 0.307. The van der Waals surface area contributed by atoms with E-state index in [1.165, 1.54) is 33.4 Å². The Morgan fingerprint density at radius 3 is 2.42 bits per heavy atom. The van der Waals surface area contributed by atoms with Gasteiger partial charge in [0.2, 0.25) is 5.82 Å². The molecule has 1 fully saturated rings. The molecule has 4 aromatic rings. The van der Waals surface area contributed by atoms with E-state index in [2.05, 4.69) is 85.5 Å². The minimum absolute atomic E-state index is 0.192. The summed E-state index contributed by atoms with van der Waals surface area (Å²) in [7, 11) is 2.15. The van der Waals surface area contributed by atoms with Crippen LogP contribution in [0.1, 0.15) is 54.0 Å². The summed E-state index contributed by atoms with van der Waals surface area (Å²) >= 11 is 0. The highest BCUT2D eigenvalue weighted by Crippen LogP contribution is 2.41. The Labute approximate surface area is 223 Å². The van der Waals surface area contributed by atoms with Crippen LogP contribution < -0.4 is 0 Å². The zero-order valence-corrected chi connectivity index (χ0v) is 22.1. The van der Waals surface area contributed by atoms with E-state index in [1.54, 1.807) is 0 Å². The minimum Gasteiger partial charge on any atom is -0.481 e. The number of aliphatic carboxylic acids is 1. The van der Waals surface area contributed by atoms with Crippen molar-refractivity contribution in [1.82, 2.24) is 15.0 Å². The van der Waals surface area contributed by atoms with Gasteiger partial charge in [-0.05, 0) is 105 Å². The Morgan fingerprint density at radius 2 is 1.71 bits per heavy atom. The van der Waals surface area contributed by atoms with Gasteiger partial charge in [-0.3, -0.25) is 9.69 Å². The van der Waals surface area contributed by atoms with Gasteiger partial charge in [-0.15, -0.1) is 0 Å². The van der Waals surface area contributed by atoms with Crippen molar-refractivity contribution in [3.8, 4) is 34.0 Å². The van der Waals surface area contributed by atoms with E-state index in [4.69, 9.17) is 9.51 Å². The summed E-state index contributed by atoms with van der Waals surface area (Å²) in [5, 5.41) is 13.6. The summed E-state index contributed by atoms with van der Waals surface area (Å²) in [6, 6.07) is 21.8. The third kappa shape index (κ3) is 4.43. The average molecular weight is 508 g/mol. The molecule has 6 heteroatoms. The number of carboxylic acid groups (broad SMARTS) is 1. The molecule has 194 valence electrons.